The van der Waals surface area contributed by atoms with Gasteiger partial charge in [-0.15, -0.1) is 0 Å². The molecule has 2 fully saturated rings. The molecule has 0 aliphatic carbocycles. The lowest BCUT2D eigenvalue weighted by atomic mass is 10.1. The van der Waals surface area contributed by atoms with Gasteiger partial charge in [-0.25, -0.2) is 0 Å². The Morgan fingerprint density at radius 1 is 1.20 bits per heavy atom. The zero-order valence-corrected chi connectivity index (χ0v) is 12.6. The topological polar surface area (TPSA) is 64.8 Å². The number of ether oxygens (including phenoxy) is 2. The number of nitrogens with two attached hydrogens (primary N) is 1. The van der Waals surface area contributed by atoms with E-state index in [1.54, 1.807) is 0 Å². The highest BCUT2D eigenvalue weighted by molar-refractivity contribution is 5.76. The summed E-state index contributed by atoms with van der Waals surface area (Å²) >= 11 is 0. The number of nitrogens with zero attached hydrogens (tertiary/aromatic N) is 1. The molecule has 0 aromatic rings. The molecule has 1 amide bonds. The summed E-state index contributed by atoms with van der Waals surface area (Å²) in [4.78, 5) is 14.3. The normalized spacial score (nSPS) is 27.7. The fourth-order valence-corrected chi connectivity index (χ4v) is 2.84. The predicted octanol–water partition coefficient (Wildman–Crippen LogP) is 1.30. The second-order valence-electron chi connectivity index (χ2n) is 5.94. The molecule has 2 N–H and O–H groups in total. The van der Waals surface area contributed by atoms with E-state index in [2.05, 4.69) is 0 Å². The largest absolute Gasteiger partial charge is 0.376 e. The smallest absolute Gasteiger partial charge is 0.224 e. The van der Waals surface area contributed by atoms with E-state index in [1.807, 2.05) is 11.8 Å². The van der Waals surface area contributed by atoms with Gasteiger partial charge in [0, 0.05) is 38.8 Å². The summed E-state index contributed by atoms with van der Waals surface area (Å²) < 4.78 is 11.3. The minimum Gasteiger partial charge on any atom is -0.376 e. The molecule has 3 unspecified atom stereocenters. The van der Waals surface area contributed by atoms with Crippen LogP contribution in [-0.4, -0.2) is 55.4 Å². The molecular weight excluding hydrogens is 256 g/mol. The zero-order chi connectivity index (χ0) is 14.4. The second-order valence-corrected chi connectivity index (χ2v) is 5.94. The standard InChI is InChI=1S/C15H28N2O3/c1-2-12(16)9-15(18)17(10-13-5-3-7-19-13)11-14-6-4-8-20-14/h12-14H,2-11,16H2,1H3. The SMILES string of the molecule is CCC(N)CC(=O)N(CC1CCCO1)CC1CCCO1. The Kier molecular flexibility index (Phi) is 6.26. The van der Waals surface area contributed by atoms with Crippen molar-refractivity contribution in [2.45, 2.75) is 63.7 Å². The second kappa shape index (κ2) is 7.96. The van der Waals surface area contributed by atoms with E-state index in [1.165, 1.54) is 0 Å². The first kappa shape index (κ1) is 15.7. The van der Waals surface area contributed by atoms with Gasteiger partial charge in [0.05, 0.1) is 12.2 Å². The van der Waals surface area contributed by atoms with Crippen molar-refractivity contribution in [3.63, 3.8) is 0 Å². The highest BCUT2D eigenvalue weighted by Gasteiger charge is 2.27. The van der Waals surface area contributed by atoms with E-state index in [0.29, 0.717) is 19.5 Å². The van der Waals surface area contributed by atoms with Crippen molar-refractivity contribution in [3.8, 4) is 0 Å². The average Bonchev–Trinajstić information content (AvgIpc) is 3.11. The van der Waals surface area contributed by atoms with Crippen LogP contribution < -0.4 is 5.73 Å². The quantitative estimate of drug-likeness (QED) is 0.765. The van der Waals surface area contributed by atoms with E-state index >= 15 is 0 Å². The van der Waals surface area contributed by atoms with Crippen molar-refractivity contribution in [2.75, 3.05) is 26.3 Å². The number of hydrogen-bond acceptors (Lipinski definition) is 4. The Morgan fingerprint density at radius 3 is 2.15 bits per heavy atom. The van der Waals surface area contributed by atoms with Crippen molar-refractivity contribution >= 4 is 5.91 Å². The Morgan fingerprint density at radius 2 is 1.75 bits per heavy atom. The van der Waals surface area contributed by atoms with Crippen molar-refractivity contribution in [1.29, 1.82) is 0 Å². The Hall–Kier alpha value is -0.650. The summed E-state index contributed by atoms with van der Waals surface area (Å²) in [6, 6.07) is -0.0426. The number of hydrogen-bond donors (Lipinski definition) is 1. The lowest BCUT2D eigenvalue weighted by Crippen LogP contribution is -2.43. The third-order valence-electron chi connectivity index (χ3n) is 4.21. The van der Waals surface area contributed by atoms with Gasteiger partial charge in [-0.1, -0.05) is 6.92 Å². The van der Waals surface area contributed by atoms with Gasteiger partial charge in [0.25, 0.3) is 0 Å². The molecule has 0 aromatic heterocycles. The number of amides is 1. The highest BCUT2D eigenvalue weighted by Crippen LogP contribution is 2.18. The molecule has 0 aromatic carbocycles. The molecule has 5 nitrogen and oxygen atoms in total. The van der Waals surface area contributed by atoms with E-state index in [0.717, 1.165) is 45.3 Å². The Bertz CT molecular complexity index is 281. The van der Waals surface area contributed by atoms with Crippen LogP contribution in [0.5, 0.6) is 0 Å². The van der Waals surface area contributed by atoms with Gasteiger partial charge in [-0.05, 0) is 32.1 Å². The first-order chi connectivity index (χ1) is 9.69. The molecule has 5 heteroatoms. The molecule has 0 bridgehead atoms. The minimum absolute atomic E-state index is 0.0426. The van der Waals surface area contributed by atoms with E-state index in [4.69, 9.17) is 15.2 Å². The number of rotatable bonds is 7. The zero-order valence-electron chi connectivity index (χ0n) is 12.6. The summed E-state index contributed by atoms with van der Waals surface area (Å²) in [7, 11) is 0. The van der Waals surface area contributed by atoms with Crippen LogP contribution >= 0.6 is 0 Å². The van der Waals surface area contributed by atoms with Crippen molar-refractivity contribution in [1.82, 2.24) is 4.90 Å². The Balaban J connectivity index is 1.88. The van der Waals surface area contributed by atoms with Crippen molar-refractivity contribution in [3.05, 3.63) is 0 Å². The molecule has 2 heterocycles. The van der Waals surface area contributed by atoms with Crippen molar-refractivity contribution < 1.29 is 14.3 Å². The maximum atomic E-state index is 12.4. The number of carbonyl (C=O) groups excluding carboxylic acids is 1. The predicted molar refractivity (Wildman–Crippen MR) is 77.4 cm³/mol. The molecular formula is C15H28N2O3. The maximum Gasteiger partial charge on any atom is 0.224 e. The summed E-state index contributed by atoms with van der Waals surface area (Å²) in [5.41, 5.74) is 5.92. The van der Waals surface area contributed by atoms with Gasteiger partial charge >= 0.3 is 0 Å². The van der Waals surface area contributed by atoms with Gasteiger partial charge in [-0.2, -0.15) is 0 Å². The summed E-state index contributed by atoms with van der Waals surface area (Å²) in [5, 5.41) is 0. The molecule has 116 valence electrons. The lowest BCUT2D eigenvalue weighted by Gasteiger charge is -2.28. The summed E-state index contributed by atoms with van der Waals surface area (Å²) in [5.74, 6) is 0.144. The molecule has 3 atom stereocenters. The summed E-state index contributed by atoms with van der Waals surface area (Å²) in [6.45, 7) is 5.04. The first-order valence-electron chi connectivity index (χ1n) is 7.95. The van der Waals surface area contributed by atoms with Crippen LogP contribution in [0.4, 0.5) is 0 Å². The van der Waals surface area contributed by atoms with E-state index in [9.17, 15) is 4.79 Å². The third kappa shape index (κ3) is 4.72. The van der Waals surface area contributed by atoms with Gasteiger partial charge in [0.1, 0.15) is 0 Å². The lowest BCUT2D eigenvalue weighted by molar-refractivity contribution is -0.134. The number of carbonyl (C=O) groups is 1. The monoisotopic (exact) mass is 284 g/mol. The van der Waals surface area contributed by atoms with Crippen LogP contribution in [0.15, 0.2) is 0 Å². The third-order valence-corrected chi connectivity index (χ3v) is 4.21. The molecule has 0 radical (unpaired) electrons. The van der Waals surface area contributed by atoms with Gasteiger partial charge in [0.2, 0.25) is 5.91 Å². The van der Waals surface area contributed by atoms with E-state index < -0.39 is 0 Å². The molecule has 0 spiro atoms. The summed E-state index contributed by atoms with van der Waals surface area (Å²) in [6.07, 6.45) is 5.94. The maximum absolute atomic E-state index is 12.4. The first-order valence-corrected chi connectivity index (χ1v) is 7.95. The van der Waals surface area contributed by atoms with Crippen LogP contribution in [0.25, 0.3) is 0 Å². The highest BCUT2D eigenvalue weighted by atomic mass is 16.5. The van der Waals surface area contributed by atoms with Crippen LogP contribution in [0.3, 0.4) is 0 Å². The Labute approximate surface area is 121 Å². The van der Waals surface area contributed by atoms with Crippen LogP contribution in [-0.2, 0) is 14.3 Å². The minimum atomic E-state index is -0.0426. The van der Waals surface area contributed by atoms with Crippen LogP contribution in [0, 0.1) is 0 Å². The molecule has 2 aliphatic heterocycles. The molecule has 0 saturated carbocycles. The molecule has 2 rings (SSSR count). The van der Waals surface area contributed by atoms with Crippen molar-refractivity contribution in [2.24, 2.45) is 5.73 Å². The van der Waals surface area contributed by atoms with E-state index in [-0.39, 0.29) is 24.2 Å². The average molecular weight is 284 g/mol. The van der Waals surface area contributed by atoms with Gasteiger partial charge in [0.15, 0.2) is 0 Å². The van der Waals surface area contributed by atoms with Gasteiger partial charge < -0.3 is 20.1 Å². The fraction of sp³-hybridized carbons (Fsp3) is 0.933. The molecule has 2 aliphatic rings. The fourth-order valence-electron chi connectivity index (χ4n) is 2.84. The van der Waals surface area contributed by atoms with Crippen LogP contribution in [0.2, 0.25) is 0 Å². The van der Waals surface area contributed by atoms with Crippen LogP contribution in [0.1, 0.15) is 45.4 Å². The molecule has 20 heavy (non-hydrogen) atoms. The molecule has 2 saturated heterocycles. The van der Waals surface area contributed by atoms with Gasteiger partial charge in [-0.3, -0.25) is 4.79 Å².